The molecule has 0 aliphatic carbocycles. The number of epoxide rings is 1. The van der Waals surface area contributed by atoms with Crippen LogP contribution in [0.15, 0.2) is 36.4 Å². The molecule has 0 radical (unpaired) electrons. The lowest BCUT2D eigenvalue weighted by Gasteiger charge is -2.10. The second kappa shape index (κ2) is 15.5. The molecule has 2 heteroatoms. The van der Waals surface area contributed by atoms with Crippen molar-refractivity contribution in [2.45, 2.75) is 116 Å². The number of ether oxygens (including phenoxy) is 2. The van der Waals surface area contributed by atoms with Crippen LogP contribution in [0.2, 0.25) is 0 Å². The highest BCUT2D eigenvalue weighted by molar-refractivity contribution is 5.28. The highest BCUT2D eigenvalue weighted by atomic mass is 16.6. The molecule has 170 valence electrons. The van der Waals surface area contributed by atoms with Crippen molar-refractivity contribution in [1.29, 1.82) is 0 Å². The van der Waals surface area contributed by atoms with Gasteiger partial charge in [-0.2, -0.15) is 0 Å². The SMILES string of the molecule is CCCC/C=C/CCCCCCCCCCCCc1cccc(OCC2(C)CO2)c1. The van der Waals surface area contributed by atoms with Crippen LogP contribution in [-0.2, 0) is 11.2 Å². The highest BCUT2D eigenvalue weighted by Crippen LogP contribution is 2.27. The van der Waals surface area contributed by atoms with Gasteiger partial charge in [0.25, 0.3) is 0 Å². The Morgan fingerprint density at radius 1 is 0.867 bits per heavy atom. The Morgan fingerprint density at radius 2 is 1.47 bits per heavy atom. The lowest BCUT2D eigenvalue weighted by Crippen LogP contribution is -2.16. The van der Waals surface area contributed by atoms with Crippen LogP contribution in [-0.4, -0.2) is 18.8 Å². The third-order valence-electron chi connectivity index (χ3n) is 6.06. The minimum absolute atomic E-state index is 0.0404. The number of unbranched alkanes of at least 4 members (excludes halogenated alkanes) is 12. The molecule has 1 aliphatic rings. The Balaban J connectivity index is 1.36. The summed E-state index contributed by atoms with van der Waals surface area (Å²) in [5.41, 5.74) is 1.36. The minimum atomic E-state index is -0.0404. The third kappa shape index (κ3) is 12.4. The summed E-state index contributed by atoms with van der Waals surface area (Å²) in [6.45, 7) is 5.85. The molecule has 1 unspecified atom stereocenters. The normalized spacial score (nSPS) is 18.2. The maximum Gasteiger partial charge on any atom is 0.123 e. The molecule has 30 heavy (non-hydrogen) atoms. The van der Waals surface area contributed by atoms with E-state index in [9.17, 15) is 0 Å². The van der Waals surface area contributed by atoms with E-state index in [0.717, 1.165) is 18.8 Å². The number of hydrogen-bond donors (Lipinski definition) is 0. The Kier molecular flexibility index (Phi) is 12.9. The van der Waals surface area contributed by atoms with Gasteiger partial charge in [0, 0.05) is 0 Å². The molecule has 1 aromatic rings. The number of aryl methyl sites for hydroxylation is 1. The summed E-state index contributed by atoms with van der Waals surface area (Å²) in [5, 5.41) is 0. The van der Waals surface area contributed by atoms with Gasteiger partial charge in [-0.15, -0.1) is 0 Å². The van der Waals surface area contributed by atoms with Crippen LogP contribution in [0.3, 0.4) is 0 Å². The zero-order chi connectivity index (χ0) is 21.3. The lowest BCUT2D eigenvalue weighted by molar-refractivity contribution is 0.202. The standard InChI is InChI=1S/C28H46O2/c1-3-4-5-6-7-8-9-10-11-12-13-14-15-16-17-18-20-26-21-19-22-27(23-26)29-24-28(2)25-30-28/h6-7,19,21-23H,3-5,8-18,20,24-25H2,1-2H3/b7-6+. The summed E-state index contributed by atoms with van der Waals surface area (Å²) >= 11 is 0. The molecule has 1 atom stereocenters. The first-order valence-electron chi connectivity index (χ1n) is 12.7. The van der Waals surface area contributed by atoms with Crippen molar-refractivity contribution in [2.75, 3.05) is 13.2 Å². The molecule has 1 aliphatic heterocycles. The summed E-state index contributed by atoms with van der Waals surface area (Å²) in [6, 6.07) is 8.60. The zero-order valence-electron chi connectivity index (χ0n) is 19.8. The van der Waals surface area contributed by atoms with Gasteiger partial charge in [0.2, 0.25) is 0 Å². The van der Waals surface area contributed by atoms with Gasteiger partial charge in [-0.05, 0) is 56.7 Å². The predicted molar refractivity (Wildman–Crippen MR) is 129 cm³/mol. The maximum absolute atomic E-state index is 5.88. The number of hydrogen-bond acceptors (Lipinski definition) is 2. The van der Waals surface area contributed by atoms with Crippen molar-refractivity contribution in [3.05, 3.63) is 42.0 Å². The van der Waals surface area contributed by atoms with Crippen molar-refractivity contribution < 1.29 is 9.47 Å². The fraction of sp³-hybridized carbons (Fsp3) is 0.714. The van der Waals surface area contributed by atoms with E-state index in [2.05, 4.69) is 50.3 Å². The molecule has 1 aromatic carbocycles. The first-order valence-corrected chi connectivity index (χ1v) is 12.7. The van der Waals surface area contributed by atoms with Crippen molar-refractivity contribution in [3.63, 3.8) is 0 Å². The summed E-state index contributed by atoms with van der Waals surface area (Å²) in [7, 11) is 0. The third-order valence-corrected chi connectivity index (χ3v) is 6.06. The van der Waals surface area contributed by atoms with Gasteiger partial charge in [0.1, 0.15) is 18.0 Å². The largest absolute Gasteiger partial charge is 0.490 e. The molecular weight excluding hydrogens is 368 g/mol. The average Bonchev–Trinajstić information content (AvgIpc) is 3.50. The molecule has 0 aromatic heterocycles. The molecule has 2 rings (SSSR count). The van der Waals surface area contributed by atoms with E-state index in [1.54, 1.807) is 0 Å². The van der Waals surface area contributed by atoms with E-state index in [0.29, 0.717) is 6.61 Å². The van der Waals surface area contributed by atoms with Crippen molar-refractivity contribution >= 4 is 0 Å². The summed E-state index contributed by atoms with van der Waals surface area (Å²) in [6.07, 6.45) is 25.0. The minimum Gasteiger partial charge on any atom is -0.490 e. The smallest absolute Gasteiger partial charge is 0.123 e. The molecule has 1 saturated heterocycles. The topological polar surface area (TPSA) is 21.8 Å². The second-order valence-electron chi connectivity index (χ2n) is 9.36. The summed E-state index contributed by atoms with van der Waals surface area (Å²) in [4.78, 5) is 0. The first kappa shape index (κ1) is 25.0. The van der Waals surface area contributed by atoms with Gasteiger partial charge < -0.3 is 9.47 Å². The molecule has 0 spiro atoms. The average molecular weight is 415 g/mol. The van der Waals surface area contributed by atoms with E-state index in [4.69, 9.17) is 9.47 Å². The highest BCUT2D eigenvalue weighted by Gasteiger charge is 2.40. The zero-order valence-corrected chi connectivity index (χ0v) is 19.8. The molecule has 0 bridgehead atoms. The van der Waals surface area contributed by atoms with Crippen LogP contribution in [0.1, 0.15) is 109 Å². The van der Waals surface area contributed by atoms with E-state index >= 15 is 0 Å². The number of benzene rings is 1. The second-order valence-corrected chi connectivity index (χ2v) is 9.36. The van der Waals surface area contributed by atoms with Crippen molar-refractivity contribution in [2.24, 2.45) is 0 Å². The Hall–Kier alpha value is -1.28. The molecule has 0 N–H and O–H groups in total. The van der Waals surface area contributed by atoms with Gasteiger partial charge in [0.05, 0.1) is 6.61 Å². The van der Waals surface area contributed by atoms with Gasteiger partial charge in [-0.3, -0.25) is 0 Å². The van der Waals surface area contributed by atoms with E-state index < -0.39 is 0 Å². The van der Waals surface area contributed by atoms with E-state index in [-0.39, 0.29) is 5.60 Å². The van der Waals surface area contributed by atoms with Gasteiger partial charge in [-0.25, -0.2) is 0 Å². The van der Waals surface area contributed by atoms with Crippen molar-refractivity contribution in [1.82, 2.24) is 0 Å². The molecule has 0 saturated carbocycles. The Morgan fingerprint density at radius 3 is 2.10 bits per heavy atom. The molecule has 0 amide bonds. The maximum atomic E-state index is 5.88. The van der Waals surface area contributed by atoms with Crippen LogP contribution in [0.25, 0.3) is 0 Å². The lowest BCUT2D eigenvalue weighted by atomic mass is 10.0. The van der Waals surface area contributed by atoms with Gasteiger partial charge in [-0.1, -0.05) is 95.4 Å². The fourth-order valence-corrected chi connectivity index (χ4v) is 3.80. The molecule has 1 heterocycles. The molecule has 1 fully saturated rings. The Labute approximate surface area is 186 Å². The monoisotopic (exact) mass is 414 g/mol. The van der Waals surface area contributed by atoms with Crippen LogP contribution in [0, 0.1) is 0 Å². The quantitative estimate of drug-likeness (QED) is 0.129. The Bertz CT molecular complexity index is 574. The van der Waals surface area contributed by atoms with Gasteiger partial charge in [0.15, 0.2) is 0 Å². The van der Waals surface area contributed by atoms with Crippen molar-refractivity contribution in [3.8, 4) is 5.75 Å². The molecular formula is C28H46O2. The van der Waals surface area contributed by atoms with Crippen LogP contribution >= 0.6 is 0 Å². The summed E-state index contributed by atoms with van der Waals surface area (Å²) in [5.74, 6) is 0.983. The fourth-order valence-electron chi connectivity index (χ4n) is 3.80. The van der Waals surface area contributed by atoms with Crippen LogP contribution < -0.4 is 4.74 Å². The van der Waals surface area contributed by atoms with E-state index in [1.165, 1.54) is 95.5 Å². The van der Waals surface area contributed by atoms with Gasteiger partial charge >= 0.3 is 0 Å². The number of rotatable bonds is 19. The predicted octanol–water partition coefficient (Wildman–Crippen LogP) is 8.43. The van der Waals surface area contributed by atoms with E-state index in [1.807, 2.05) is 0 Å². The number of allylic oxidation sites excluding steroid dienone is 2. The van der Waals surface area contributed by atoms with Crippen LogP contribution in [0.5, 0.6) is 5.75 Å². The first-order chi connectivity index (χ1) is 14.7. The molecule has 2 nitrogen and oxygen atoms in total. The summed E-state index contributed by atoms with van der Waals surface area (Å²) < 4.78 is 11.3. The van der Waals surface area contributed by atoms with Crippen LogP contribution in [0.4, 0.5) is 0 Å².